The van der Waals surface area contributed by atoms with Gasteiger partial charge in [-0.1, -0.05) is 25.1 Å². The third kappa shape index (κ3) is 5.54. The fourth-order valence-electron chi connectivity index (χ4n) is 1.94. The molecule has 0 aliphatic heterocycles. The smallest absolute Gasteiger partial charge is 0.122 e. The Morgan fingerprint density at radius 3 is 2.56 bits per heavy atom. The van der Waals surface area contributed by atoms with Gasteiger partial charge in [0.2, 0.25) is 0 Å². The van der Waals surface area contributed by atoms with Crippen LogP contribution in [0.25, 0.3) is 0 Å². The first-order chi connectivity index (χ1) is 8.63. The third-order valence-corrected chi connectivity index (χ3v) is 2.92. The van der Waals surface area contributed by atoms with Gasteiger partial charge in [-0.05, 0) is 58.2 Å². The second-order valence-corrected chi connectivity index (χ2v) is 5.17. The van der Waals surface area contributed by atoms with Crippen molar-refractivity contribution in [2.24, 2.45) is 0 Å². The van der Waals surface area contributed by atoms with Gasteiger partial charge in [-0.2, -0.15) is 0 Å². The minimum atomic E-state index is 0.238. The second kappa shape index (κ2) is 8.15. The quantitative estimate of drug-likeness (QED) is 0.756. The average Bonchev–Trinajstić information content (AvgIpc) is 2.34. The summed E-state index contributed by atoms with van der Waals surface area (Å²) in [6.07, 6.45) is 3.65. The number of para-hydroxylation sites is 1. The highest BCUT2D eigenvalue weighted by atomic mass is 16.5. The van der Waals surface area contributed by atoms with E-state index < -0.39 is 0 Å². The molecule has 18 heavy (non-hydrogen) atoms. The molecular formula is C16H27NO. The first kappa shape index (κ1) is 15.0. The Balaban J connectivity index is 2.50. The van der Waals surface area contributed by atoms with Crippen LogP contribution in [0.5, 0.6) is 5.75 Å². The first-order valence-corrected chi connectivity index (χ1v) is 7.11. The molecule has 1 N–H and O–H groups in total. The molecule has 0 saturated heterocycles. The normalized spacial score (nSPS) is 12.7. The number of hydrogen-bond donors (Lipinski definition) is 1. The van der Waals surface area contributed by atoms with Gasteiger partial charge in [0.15, 0.2) is 0 Å². The Morgan fingerprint density at radius 1 is 1.17 bits per heavy atom. The minimum Gasteiger partial charge on any atom is -0.491 e. The van der Waals surface area contributed by atoms with E-state index in [1.807, 2.05) is 6.07 Å². The van der Waals surface area contributed by atoms with Gasteiger partial charge in [-0.25, -0.2) is 0 Å². The van der Waals surface area contributed by atoms with Crippen molar-refractivity contribution >= 4 is 0 Å². The summed E-state index contributed by atoms with van der Waals surface area (Å²) in [5.74, 6) is 1.04. The van der Waals surface area contributed by atoms with Gasteiger partial charge in [0.05, 0.1) is 6.10 Å². The summed E-state index contributed by atoms with van der Waals surface area (Å²) in [7, 11) is 0. The van der Waals surface area contributed by atoms with Crippen molar-refractivity contribution in [2.45, 2.75) is 59.1 Å². The molecule has 0 heterocycles. The zero-order valence-corrected chi connectivity index (χ0v) is 12.2. The predicted octanol–water partition coefficient (Wildman–Crippen LogP) is 3.79. The van der Waals surface area contributed by atoms with Crippen molar-refractivity contribution in [1.29, 1.82) is 0 Å². The van der Waals surface area contributed by atoms with Gasteiger partial charge in [-0.15, -0.1) is 0 Å². The van der Waals surface area contributed by atoms with Crippen molar-refractivity contribution in [1.82, 2.24) is 5.32 Å². The molecule has 102 valence electrons. The highest BCUT2D eigenvalue weighted by Crippen LogP contribution is 2.21. The summed E-state index contributed by atoms with van der Waals surface area (Å²) >= 11 is 0. The SMILES string of the molecule is CCCNC(C)CCc1ccccc1OC(C)C. The fraction of sp³-hybridized carbons (Fsp3) is 0.625. The van der Waals surface area contributed by atoms with Crippen LogP contribution >= 0.6 is 0 Å². The van der Waals surface area contributed by atoms with Crippen LogP contribution in [-0.4, -0.2) is 18.7 Å². The van der Waals surface area contributed by atoms with Crippen molar-refractivity contribution < 1.29 is 4.74 Å². The third-order valence-electron chi connectivity index (χ3n) is 2.92. The Bertz CT molecular complexity index is 336. The van der Waals surface area contributed by atoms with E-state index in [4.69, 9.17) is 4.74 Å². The summed E-state index contributed by atoms with van der Waals surface area (Å²) in [6, 6.07) is 8.94. The lowest BCUT2D eigenvalue weighted by Gasteiger charge is -2.16. The predicted molar refractivity (Wildman–Crippen MR) is 78.3 cm³/mol. The Hall–Kier alpha value is -1.02. The van der Waals surface area contributed by atoms with Gasteiger partial charge in [0.25, 0.3) is 0 Å². The largest absolute Gasteiger partial charge is 0.491 e. The van der Waals surface area contributed by atoms with E-state index in [1.54, 1.807) is 0 Å². The summed E-state index contributed by atoms with van der Waals surface area (Å²) < 4.78 is 5.84. The summed E-state index contributed by atoms with van der Waals surface area (Å²) in [5.41, 5.74) is 1.32. The number of hydrogen-bond acceptors (Lipinski definition) is 2. The van der Waals surface area contributed by atoms with Crippen molar-refractivity contribution in [3.63, 3.8) is 0 Å². The topological polar surface area (TPSA) is 21.3 Å². The van der Waals surface area contributed by atoms with E-state index in [9.17, 15) is 0 Å². The molecule has 0 radical (unpaired) electrons. The molecular weight excluding hydrogens is 222 g/mol. The maximum Gasteiger partial charge on any atom is 0.122 e. The summed E-state index contributed by atoms with van der Waals surface area (Å²) in [5, 5.41) is 3.52. The van der Waals surface area contributed by atoms with E-state index in [1.165, 1.54) is 12.0 Å². The maximum absolute atomic E-state index is 5.84. The van der Waals surface area contributed by atoms with E-state index in [-0.39, 0.29) is 6.10 Å². The highest BCUT2D eigenvalue weighted by molar-refractivity contribution is 5.33. The monoisotopic (exact) mass is 249 g/mol. The average molecular weight is 249 g/mol. The second-order valence-electron chi connectivity index (χ2n) is 5.17. The van der Waals surface area contributed by atoms with Crippen LogP contribution < -0.4 is 10.1 Å². The number of aryl methyl sites for hydroxylation is 1. The van der Waals surface area contributed by atoms with Crippen LogP contribution in [0.4, 0.5) is 0 Å². The lowest BCUT2D eigenvalue weighted by Crippen LogP contribution is -2.27. The van der Waals surface area contributed by atoms with Gasteiger partial charge < -0.3 is 10.1 Å². The molecule has 0 bridgehead atoms. The molecule has 1 atom stereocenters. The summed E-state index contributed by atoms with van der Waals surface area (Å²) in [4.78, 5) is 0. The first-order valence-electron chi connectivity index (χ1n) is 7.11. The molecule has 2 nitrogen and oxygen atoms in total. The molecule has 0 aliphatic carbocycles. The van der Waals surface area contributed by atoms with Crippen molar-refractivity contribution in [2.75, 3.05) is 6.54 Å². The Kier molecular flexibility index (Phi) is 6.81. The highest BCUT2D eigenvalue weighted by Gasteiger charge is 2.07. The van der Waals surface area contributed by atoms with Gasteiger partial charge in [0, 0.05) is 6.04 Å². The minimum absolute atomic E-state index is 0.238. The van der Waals surface area contributed by atoms with E-state index >= 15 is 0 Å². The van der Waals surface area contributed by atoms with E-state index in [0.717, 1.165) is 25.1 Å². The molecule has 2 heteroatoms. The summed E-state index contributed by atoms with van der Waals surface area (Å²) in [6.45, 7) is 9.70. The lowest BCUT2D eigenvalue weighted by atomic mass is 10.0. The van der Waals surface area contributed by atoms with Crippen LogP contribution in [0.15, 0.2) is 24.3 Å². The van der Waals surface area contributed by atoms with Gasteiger partial charge >= 0.3 is 0 Å². The van der Waals surface area contributed by atoms with Crippen molar-refractivity contribution in [3.05, 3.63) is 29.8 Å². The van der Waals surface area contributed by atoms with Crippen LogP contribution in [0, 0.1) is 0 Å². The molecule has 1 unspecified atom stereocenters. The van der Waals surface area contributed by atoms with Crippen LogP contribution in [-0.2, 0) is 6.42 Å². The lowest BCUT2D eigenvalue weighted by molar-refractivity contribution is 0.239. The Labute approximate surface area is 112 Å². The van der Waals surface area contributed by atoms with Crippen LogP contribution in [0.1, 0.15) is 46.1 Å². The number of benzene rings is 1. The van der Waals surface area contributed by atoms with Crippen LogP contribution in [0.2, 0.25) is 0 Å². The molecule has 0 fully saturated rings. The zero-order valence-electron chi connectivity index (χ0n) is 12.2. The molecule has 0 saturated carbocycles. The maximum atomic E-state index is 5.84. The molecule has 1 aromatic carbocycles. The standard InChI is InChI=1S/C16H27NO/c1-5-12-17-14(4)10-11-15-8-6-7-9-16(15)18-13(2)3/h6-9,13-14,17H,5,10-12H2,1-4H3. The van der Waals surface area contributed by atoms with Gasteiger partial charge in [0.1, 0.15) is 5.75 Å². The van der Waals surface area contributed by atoms with Crippen molar-refractivity contribution in [3.8, 4) is 5.75 Å². The Morgan fingerprint density at radius 2 is 1.89 bits per heavy atom. The molecule has 1 rings (SSSR count). The molecule has 0 amide bonds. The number of rotatable bonds is 8. The molecule has 0 aliphatic rings. The molecule has 0 aromatic heterocycles. The van der Waals surface area contributed by atoms with E-state index in [0.29, 0.717) is 6.04 Å². The molecule has 0 spiro atoms. The van der Waals surface area contributed by atoms with Gasteiger partial charge in [-0.3, -0.25) is 0 Å². The molecule has 1 aromatic rings. The number of ether oxygens (including phenoxy) is 1. The number of nitrogens with one attached hydrogen (secondary N) is 1. The fourth-order valence-corrected chi connectivity index (χ4v) is 1.94. The van der Waals surface area contributed by atoms with E-state index in [2.05, 4.69) is 51.2 Å². The zero-order chi connectivity index (χ0) is 13.4. The van der Waals surface area contributed by atoms with Crippen LogP contribution in [0.3, 0.4) is 0 Å².